The minimum absolute atomic E-state index is 1.02. The monoisotopic (exact) mass is 241 g/mol. The second-order valence-corrected chi connectivity index (χ2v) is 10.2. The zero-order chi connectivity index (χ0) is 12.4. The van der Waals surface area contributed by atoms with Gasteiger partial charge in [-0.2, -0.15) is 0 Å². The lowest BCUT2D eigenvalue weighted by Gasteiger charge is -2.23. The first kappa shape index (κ1) is 15.9. The molecule has 16 heavy (non-hydrogen) atoms. The number of nitrogens with zero attached hydrogens (tertiary/aromatic N) is 1. The Kier molecular flexibility index (Phi) is 8.95. The summed E-state index contributed by atoms with van der Waals surface area (Å²) in [5.41, 5.74) is 2.47. The van der Waals surface area contributed by atoms with Gasteiger partial charge in [-0.3, -0.25) is 0 Å². The highest BCUT2D eigenvalue weighted by Gasteiger charge is 2.16. The maximum Gasteiger partial charge on any atom is 0.0713 e. The van der Waals surface area contributed by atoms with E-state index < -0.39 is 8.07 Å². The quantitative estimate of drug-likeness (QED) is 0.543. The average molecular weight is 241 g/mol. The first-order valence-electron chi connectivity index (χ1n) is 6.92. The van der Waals surface area contributed by atoms with Crippen LogP contribution in [0.15, 0.2) is 11.8 Å². The van der Waals surface area contributed by atoms with Crippen molar-refractivity contribution in [2.45, 2.75) is 59.2 Å². The van der Waals surface area contributed by atoms with Crippen LogP contribution in [-0.4, -0.2) is 32.6 Å². The highest BCUT2D eigenvalue weighted by atomic mass is 28.3. The summed E-state index contributed by atoms with van der Waals surface area (Å²) in [5.74, 6) is 0. The number of allylic oxidation sites excluding steroid dienone is 1. The maximum absolute atomic E-state index is 2.63. The predicted molar refractivity (Wildman–Crippen MR) is 78.7 cm³/mol. The maximum atomic E-state index is 2.63. The van der Waals surface area contributed by atoms with Crippen LogP contribution >= 0.6 is 0 Å². The lowest BCUT2D eigenvalue weighted by Crippen LogP contribution is -2.29. The van der Waals surface area contributed by atoms with E-state index in [9.17, 15) is 0 Å². The van der Waals surface area contributed by atoms with E-state index in [2.05, 4.69) is 50.5 Å². The van der Waals surface area contributed by atoms with Gasteiger partial charge < -0.3 is 4.90 Å². The Hall–Kier alpha value is -0.0831. The Bertz CT molecular complexity index is 181. The molecule has 0 unspecified atom stereocenters. The first-order chi connectivity index (χ1) is 7.55. The van der Waals surface area contributed by atoms with Gasteiger partial charge in [-0.05, 0) is 45.8 Å². The summed E-state index contributed by atoms with van der Waals surface area (Å²) < 4.78 is 0. The highest BCUT2D eigenvalue weighted by molar-refractivity contribution is 6.82. The molecule has 0 aliphatic carbocycles. The van der Waals surface area contributed by atoms with Gasteiger partial charge in [0.05, 0.1) is 8.07 Å². The largest absolute Gasteiger partial charge is 0.303 e. The molecule has 0 aromatic heterocycles. The fraction of sp³-hybridized carbons (Fsp3) is 0.857. The summed E-state index contributed by atoms with van der Waals surface area (Å²) in [6.07, 6.45) is 6.19. The van der Waals surface area contributed by atoms with E-state index >= 15 is 0 Å². The Morgan fingerprint density at radius 1 is 1.00 bits per heavy atom. The molecule has 0 bridgehead atoms. The van der Waals surface area contributed by atoms with Crippen molar-refractivity contribution in [1.82, 2.24) is 4.90 Å². The zero-order valence-electron chi connectivity index (χ0n) is 12.1. The molecule has 0 aliphatic rings. The van der Waals surface area contributed by atoms with Crippen LogP contribution < -0.4 is 0 Å². The van der Waals surface area contributed by atoms with Gasteiger partial charge in [0, 0.05) is 0 Å². The lowest BCUT2D eigenvalue weighted by atomic mass is 10.3. The second kappa shape index (κ2) is 9.00. The Morgan fingerprint density at radius 3 is 2.00 bits per heavy atom. The summed E-state index contributed by atoms with van der Waals surface area (Å²) >= 11 is 0. The molecule has 2 heteroatoms. The average Bonchev–Trinajstić information content (AvgIpc) is 2.18. The fourth-order valence-corrected chi connectivity index (χ4v) is 4.40. The third kappa shape index (κ3) is 8.11. The van der Waals surface area contributed by atoms with Crippen LogP contribution in [0.4, 0.5) is 0 Å². The van der Waals surface area contributed by atoms with Gasteiger partial charge >= 0.3 is 0 Å². The Balaban J connectivity index is 3.84. The van der Waals surface area contributed by atoms with Gasteiger partial charge in [0.1, 0.15) is 0 Å². The van der Waals surface area contributed by atoms with E-state index in [4.69, 9.17) is 0 Å². The molecule has 0 heterocycles. The molecule has 0 fully saturated rings. The molecule has 0 aromatic carbocycles. The summed E-state index contributed by atoms with van der Waals surface area (Å²) in [7, 11) is -1.02. The van der Waals surface area contributed by atoms with E-state index in [1.807, 2.05) is 0 Å². The van der Waals surface area contributed by atoms with Crippen molar-refractivity contribution in [2.75, 3.05) is 19.6 Å². The summed E-state index contributed by atoms with van der Waals surface area (Å²) in [6, 6.07) is 1.43. The fourth-order valence-electron chi connectivity index (χ4n) is 2.26. The Morgan fingerprint density at radius 2 is 1.56 bits per heavy atom. The van der Waals surface area contributed by atoms with Gasteiger partial charge in [-0.15, -0.1) is 0 Å². The van der Waals surface area contributed by atoms with Crippen LogP contribution in [-0.2, 0) is 0 Å². The van der Waals surface area contributed by atoms with Crippen molar-refractivity contribution in [3.63, 3.8) is 0 Å². The topological polar surface area (TPSA) is 3.24 Å². The van der Waals surface area contributed by atoms with Crippen molar-refractivity contribution in [2.24, 2.45) is 0 Å². The van der Waals surface area contributed by atoms with E-state index in [0.29, 0.717) is 0 Å². The molecule has 0 spiro atoms. The van der Waals surface area contributed by atoms with Gasteiger partial charge in [0.15, 0.2) is 0 Å². The Labute approximate surface area is 104 Å². The summed E-state index contributed by atoms with van der Waals surface area (Å²) in [5, 5.41) is 0. The highest BCUT2D eigenvalue weighted by Crippen LogP contribution is 2.14. The van der Waals surface area contributed by atoms with Crippen LogP contribution in [0.25, 0.3) is 0 Å². The molecule has 96 valence electrons. The van der Waals surface area contributed by atoms with Crippen molar-refractivity contribution >= 4 is 8.07 Å². The number of hydrogen-bond acceptors (Lipinski definition) is 1. The molecule has 0 N–H and O–H groups in total. The smallest absolute Gasteiger partial charge is 0.0713 e. The van der Waals surface area contributed by atoms with Gasteiger partial charge in [-0.25, -0.2) is 0 Å². The third-order valence-electron chi connectivity index (χ3n) is 2.99. The molecule has 0 saturated carbocycles. The van der Waals surface area contributed by atoms with Crippen LogP contribution in [0, 0.1) is 0 Å². The zero-order valence-corrected chi connectivity index (χ0v) is 13.1. The first-order valence-corrected chi connectivity index (χ1v) is 10.2. The van der Waals surface area contributed by atoms with Gasteiger partial charge in [-0.1, -0.05) is 44.8 Å². The predicted octanol–water partition coefficient (Wildman–Crippen LogP) is 4.32. The van der Waals surface area contributed by atoms with Crippen LogP contribution in [0.5, 0.6) is 0 Å². The minimum atomic E-state index is -1.02. The van der Waals surface area contributed by atoms with Crippen LogP contribution in [0.3, 0.4) is 0 Å². The molecule has 0 radical (unpaired) electrons. The molecule has 0 rings (SSSR count). The molecular formula is C14H31NSi. The molecule has 0 atom stereocenters. The van der Waals surface area contributed by atoms with Crippen molar-refractivity contribution in [3.05, 3.63) is 11.8 Å². The standard InChI is InChI=1S/C14H31NSi/c1-6-10-15(11-7-2)12-9-14-16(4,5)13-8-3/h8,13H,6-7,9-12,14H2,1-5H3/b13-8-. The van der Waals surface area contributed by atoms with Crippen LogP contribution in [0.2, 0.25) is 19.1 Å². The van der Waals surface area contributed by atoms with Gasteiger partial charge in [0.25, 0.3) is 0 Å². The molecule has 0 saturated heterocycles. The van der Waals surface area contributed by atoms with E-state index in [1.165, 1.54) is 44.9 Å². The minimum Gasteiger partial charge on any atom is -0.303 e. The molecule has 0 aromatic rings. The third-order valence-corrected chi connectivity index (χ3v) is 5.87. The van der Waals surface area contributed by atoms with E-state index in [-0.39, 0.29) is 0 Å². The van der Waals surface area contributed by atoms with Gasteiger partial charge in [0.2, 0.25) is 0 Å². The molecule has 0 amide bonds. The second-order valence-electron chi connectivity index (χ2n) is 5.43. The summed E-state index contributed by atoms with van der Waals surface area (Å²) in [6.45, 7) is 15.5. The van der Waals surface area contributed by atoms with Crippen LogP contribution in [0.1, 0.15) is 40.0 Å². The van der Waals surface area contributed by atoms with E-state index in [1.54, 1.807) is 0 Å². The normalized spacial score (nSPS) is 12.9. The lowest BCUT2D eigenvalue weighted by molar-refractivity contribution is 0.275. The summed E-state index contributed by atoms with van der Waals surface area (Å²) in [4.78, 5) is 2.63. The van der Waals surface area contributed by atoms with Crippen molar-refractivity contribution in [1.29, 1.82) is 0 Å². The van der Waals surface area contributed by atoms with Crippen molar-refractivity contribution in [3.8, 4) is 0 Å². The molecule has 1 nitrogen and oxygen atoms in total. The number of hydrogen-bond donors (Lipinski definition) is 0. The SMILES string of the molecule is C/C=C\[Si](C)(C)CCCN(CCC)CCC. The number of rotatable bonds is 9. The van der Waals surface area contributed by atoms with E-state index in [0.717, 1.165) is 0 Å². The van der Waals surface area contributed by atoms with Crippen molar-refractivity contribution < 1.29 is 0 Å². The molecule has 0 aliphatic heterocycles. The molecular weight excluding hydrogens is 210 g/mol.